The highest BCUT2D eigenvalue weighted by Crippen LogP contribution is 2.23. The Morgan fingerprint density at radius 3 is 2.67 bits per heavy atom. The highest BCUT2D eigenvalue weighted by Gasteiger charge is 2.07. The van der Waals surface area contributed by atoms with Gasteiger partial charge in [0.15, 0.2) is 4.96 Å². The molecular weight excluding hydrogens is 240 g/mol. The highest BCUT2D eigenvalue weighted by molar-refractivity contribution is 7.15. The lowest BCUT2D eigenvalue weighted by molar-refractivity contribution is 0.922. The van der Waals surface area contributed by atoms with Crippen LogP contribution in [-0.4, -0.2) is 9.38 Å². The summed E-state index contributed by atoms with van der Waals surface area (Å²) >= 11 is 1.69. The van der Waals surface area contributed by atoms with E-state index < -0.39 is 0 Å². The molecule has 92 valence electrons. The number of hydrogen-bond acceptors (Lipinski definition) is 2. The number of benzene rings is 1. The number of aryl methyl sites for hydroxylation is 2. The second kappa shape index (κ2) is 4.58. The topological polar surface area (TPSA) is 17.3 Å². The van der Waals surface area contributed by atoms with E-state index in [1.54, 1.807) is 11.3 Å². The van der Waals surface area contributed by atoms with Crippen molar-refractivity contribution in [2.24, 2.45) is 0 Å². The average Bonchev–Trinajstić information content (AvgIpc) is 2.94. The summed E-state index contributed by atoms with van der Waals surface area (Å²) in [5, 5.41) is 2.14. The zero-order valence-corrected chi connectivity index (χ0v) is 11.5. The quantitative estimate of drug-likeness (QED) is 0.682. The van der Waals surface area contributed by atoms with Crippen molar-refractivity contribution in [3.05, 3.63) is 47.1 Å². The first kappa shape index (κ1) is 11.5. The Morgan fingerprint density at radius 2 is 2.00 bits per heavy atom. The summed E-state index contributed by atoms with van der Waals surface area (Å²) in [6.07, 6.45) is 4.46. The van der Waals surface area contributed by atoms with Gasteiger partial charge in [0.05, 0.1) is 5.69 Å². The Labute approximate surface area is 111 Å². The molecule has 0 saturated heterocycles. The first-order valence-electron chi connectivity index (χ1n) is 6.30. The van der Waals surface area contributed by atoms with E-state index in [-0.39, 0.29) is 0 Å². The van der Waals surface area contributed by atoms with Crippen LogP contribution in [0.15, 0.2) is 35.8 Å². The largest absolute Gasteiger partial charge is 0.294 e. The van der Waals surface area contributed by atoms with Crippen molar-refractivity contribution in [3.8, 4) is 11.3 Å². The van der Waals surface area contributed by atoms with Crippen LogP contribution in [0, 0.1) is 6.92 Å². The van der Waals surface area contributed by atoms with Crippen LogP contribution in [-0.2, 0) is 6.42 Å². The van der Waals surface area contributed by atoms with Gasteiger partial charge in [-0.15, -0.1) is 11.3 Å². The van der Waals surface area contributed by atoms with Crippen molar-refractivity contribution in [1.29, 1.82) is 0 Å². The third-order valence-electron chi connectivity index (χ3n) is 3.18. The maximum atomic E-state index is 4.66. The molecule has 2 nitrogen and oxygen atoms in total. The van der Waals surface area contributed by atoms with Crippen LogP contribution >= 0.6 is 11.3 Å². The van der Waals surface area contributed by atoms with Gasteiger partial charge in [0, 0.05) is 22.8 Å². The SMILES string of the molecule is CCCc1ccc(-c2cn3c(C)csc3n2)cc1. The smallest absolute Gasteiger partial charge is 0.194 e. The molecule has 3 rings (SSSR count). The third kappa shape index (κ3) is 1.95. The highest BCUT2D eigenvalue weighted by atomic mass is 32.1. The number of imidazole rings is 1. The molecule has 0 aliphatic rings. The predicted octanol–water partition coefficient (Wildman–Crippen LogP) is 4.32. The van der Waals surface area contributed by atoms with Gasteiger partial charge in [0.1, 0.15) is 0 Å². The minimum Gasteiger partial charge on any atom is -0.294 e. The maximum Gasteiger partial charge on any atom is 0.194 e. The molecule has 0 atom stereocenters. The molecule has 0 fully saturated rings. The molecular formula is C15H16N2S. The van der Waals surface area contributed by atoms with Gasteiger partial charge < -0.3 is 0 Å². The number of aromatic nitrogens is 2. The zero-order chi connectivity index (χ0) is 12.5. The molecule has 2 heterocycles. The second-order valence-corrected chi connectivity index (χ2v) is 5.44. The van der Waals surface area contributed by atoms with E-state index in [1.807, 2.05) is 0 Å². The van der Waals surface area contributed by atoms with Crippen LogP contribution in [0.25, 0.3) is 16.2 Å². The van der Waals surface area contributed by atoms with E-state index in [4.69, 9.17) is 0 Å². The van der Waals surface area contributed by atoms with Gasteiger partial charge in [0.2, 0.25) is 0 Å². The molecule has 0 spiro atoms. The Balaban J connectivity index is 1.97. The fourth-order valence-corrected chi connectivity index (χ4v) is 3.01. The van der Waals surface area contributed by atoms with E-state index in [0.717, 1.165) is 17.1 Å². The molecule has 0 saturated carbocycles. The average molecular weight is 256 g/mol. The monoisotopic (exact) mass is 256 g/mol. The summed E-state index contributed by atoms with van der Waals surface area (Å²) in [5.74, 6) is 0. The van der Waals surface area contributed by atoms with E-state index in [0.29, 0.717) is 0 Å². The van der Waals surface area contributed by atoms with Crippen LogP contribution in [0.4, 0.5) is 0 Å². The lowest BCUT2D eigenvalue weighted by Crippen LogP contribution is -1.83. The Morgan fingerprint density at radius 1 is 1.22 bits per heavy atom. The minimum absolute atomic E-state index is 1.06. The number of hydrogen-bond donors (Lipinski definition) is 0. The van der Waals surface area contributed by atoms with Crippen molar-refractivity contribution in [2.45, 2.75) is 26.7 Å². The summed E-state index contributed by atoms with van der Waals surface area (Å²) < 4.78 is 2.15. The van der Waals surface area contributed by atoms with Gasteiger partial charge in [0.25, 0.3) is 0 Å². The lowest BCUT2D eigenvalue weighted by Gasteiger charge is -2.00. The number of nitrogens with zero attached hydrogens (tertiary/aromatic N) is 2. The number of rotatable bonds is 3. The standard InChI is InChI=1S/C15H16N2S/c1-3-4-12-5-7-13(8-6-12)14-9-17-11(2)10-18-15(17)16-14/h5-10H,3-4H2,1-2H3. The van der Waals surface area contributed by atoms with Crippen LogP contribution in [0.3, 0.4) is 0 Å². The van der Waals surface area contributed by atoms with E-state index in [9.17, 15) is 0 Å². The third-order valence-corrected chi connectivity index (χ3v) is 4.13. The maximum absolute atomic E-state index is 4.66. The number of thiazole rings is 1. The molecule has 0 aliphatic heterocycles. The Hall–Kier alpha value is -1.61. The van der Waals surface area contributed by atoms with Crippen LogP contribution in [0.2, 0.25) is 0 Å². The fraction of sp³-hybridized carbons (Fsp3) is 0.267. The second-order valence-electron chi connectivity index (χ2n) is 4.60. The molecule has 0 aliphatic carbocycles. The Kier molecular flexibility index (Phi) is 2.92. The normalized spacial score (nSPS) is 11.2. The van der Waals surface area contributed by atoms with Crippen molar-refractivity contribution >= 4 is 16.3 Å². The summed E-state index contributed by atoms with van der Waals surface area (Å²) in [7, 11) is 0. The molecule has 0 N–H and O–H groups in total. The molecule has 3 heteroatoms. The van der Waals surface area contributed by atoms with E-state index in [1.165, 1.54) is 23.2 Å². The molecule has 1 aromatic carbocycles. The van der Waals surface area contributed by atoms with Crippen LogP contribution in [0.5, 0.6) is 0 Å². The fourth-order valence-electron chi connectivity index (χ4n) is 2.16. The van der Waals surface area contributed by atoms with Crippen LogP contribution in [0.1, 0.15) is 24.6 Å². The van der Waals surface area contributed by atoms with Gasteiger partial charge in [-0.2, -0.15) is 0 Å². The first-order chi connectivity index (χ1) is 8.78. The van der Waals surface area contributed by atoms with E-state index >= 15 is 0 Å². The van der Waals surface area contributed by atoms with Gasteiger partial charge in [-0.1, -0.05) is 37.6 Å². The summed E-state index contributed by atoms with van der Waals surface area (Å²) in [5.41, 5.74) is 4.91. The molecule has 0 unspecified atom stereocenters. The lowest BCUT2D eigenvalue weighted by atomic mass is 10.1. The summed E-state index contributed by atoms with van der Waals surface area (Å²) in [4.78, 5) is 5.73. The zero-order valence-electron chi connectivity index (χ0n) is 10.7. The van der Waals surface area contributed by atoms with Crippen molar-refractivity contribution < 1.29 is 0 Å². The first-order valence-corrected chi connectivity index (χ1v) is 7.18. The summed E-state index contributed by atoms with van der Waals surface area (Å²) in [6, 6.07) is 8.76. The summed E-state index contributed by atoms with van der Waals surface area (Å²) in [6.45, 7) is 4.32. The molecule has 0 radical (unpaired) electrons. The number of fused-ring (bicyclic) bond motifs is 1. The van der Waals surface area contributed by atoms with Crippen LogP contribution < -0.4 is 0 Å². The van der Waals surface area contributed by atoms with E-state index in [2.05, 4.69) is 59.1 Å². The van der Waals surface area contributed by atoms with Gasteiger partial charge >= 0.3 is 0 Å². The molecule has 2 aromatic heterocycles. The predicted molar refractivity (Wildman–Crippen MR) is 77.2 cm³/mol. The Bertz CT molecular complexity index is 661. The van der Waals surface area contributed by atoms with Gasteiger partial charge in [-0.3, -0.25) is 4.40 Å². The van der Waals surface area contributed by atoms with Gasteiger partial charge in [-0.05, 0) is 18.9 Å². The van der Waals surface area contributed by atoms with Crippen molar-refractivity contribution in [3.63, 3.8) is 0 Å². The van der Waals surface area contributed by atoms with Crippen molar-refractivity contribution in [2.75, 3.05) is 0 Å². The minimum atomic E-state index is 1.06. The molecule has 18 heavy (non-hydrogen) atoms. The molecule has 0 bridgehead atoms. The molecule has 3 aromatic rings. The van der Waals surface area contributed by atoms with Crippen molar-refractivity contribution in [1.82, 2.24) is 9.38 Å². The van der Waals surface area contributed by atoms with Gasteiger partial charge in [-0.25, -0.2) is 4.98 Å². The molecule has 0 amide bonds.